The maximum atomic E-state index is 13.9. The predicted octanol–water partition coefficient (Wildman–Crippen LogP) is 1.99. The molecule has 6 heteroatoms. The number of nitriles is 1. The van der Waals surface area contributed by atoms with Gasteiger partial charge < -0.3 is 15.1 Å². The molecule has 4 fully saturated rings. The van der Waals surface area contributed by atoms with Gasteiger partial charge in [-0.1, -0.05) is 30.3 Å². The molecule has 1 amide bonds. The second kappa shape index (κ2) is 6.94. The van der Waals surface area contributed by atoms with E-state index in [0.717, 1.165) is 45.3 Å². The highest BCUT2D eigenvalue weighted by Gasteiger charge is 2.55. The van der Waals surface area contributed by atoms with Crippen molar-refractivity contribution >= 4 is 5.91 Å². The number of hydrogen-bond acceptors (Lipinski definition) is 4. The van der Waals surface area contributed by atoms with E-state index >= 15 is 0 Å². The van der Waals surface area contributed by atoms with Gasteiger partial charge in [-0.2, -0.15) is 5.26 Å². The summed E-state index contributed by atoms with van der Waals surface area (Å²) in [6.07, 6.45) is 0. The number of rotatable bonds is 3. The van der Waals surface area contributed by atoms with Crippen molar-refractivity contribution in [3.8, 4) is 6.07 Å². The first-order valence-electron chi connectivity index (χ1n) is 10.1. The molecule has 4 aliphatic rings. The van der Waals surface area contributed by atoms with Crippen LogP contribution in [0.15, 0.2) is 48.5 Å². The van der Waals surface area contributed by atoms with Crippen molar-refractivity contribution in [1.29, 1.82) is 5.26 Å². The molecule has 2 unspecified atom stereocenters. The van der Waals surface area contributed by atoms with Crippen LogP contribution in [0.4, 0.5) is 4.39 Å². The third-order valence-electron chi connectivity index (χ3n) is 6.72. The van der Waals surface area contributed by atoms with E-state index in [-0.39, 0.29) is 28.5 Å². The summed E-state index contributed by atoms with van der Waals surface area (Å²) >= 11 is 0. The van der Waals surface area contributed by atoms with Gasteiger partial charge in [-0.25, -0.2) is 4.39 Å². The van der Waals surface area contributed by atoms with Crippen LogP contribution in [0.2, 0.25) is 0 Å². The molecule has 4 aliphatic heterocycles. The van der Waals surface area contributed by atoms with Crippen molar-refractivity contribution in [2.24, 2.45) is 5.92 Å². The predicted molar refractivity (Wildman–Crippen MR) is 107 cm³/mol. The highest BCUT2D eigenvalue weighted by molar-refractivity contribution is 5.95. The van der Waals surface area contributed by atoms with Crippen LogP contribution < -0.4 is 5.32 Å². The molecule has 0 saturated carbocycles. The van der Waals surface area contributed by atoms with Gasteiger partial charge in [-0.15, -0.1) is 0 Å². The Morgan fingerprint density at radius 2 is 1.79 bits per heavy atom. The summed E-state index contributed by atoms with van der Waals surface area (Å²) in [6.45, 7) is 5.84. The van der Waals surface area contributed by atoms with Crippen LogP contribution in [0, 0.1) is 23.1 Å². The third-order valence-corrected chi connectivity index (χ3v) is 6.72. The quantitative estimate of drug-likeness (QED) is 0.871. The Balaban J connectivity index is 1.52. The fraction of sp³-hybridized carbons (Fsp3) is 0.391. The lowest BCUT2D eigenvalue weighted by Gasteiger charge is -2.55. The van der Waals surface area contributed by atoms with Gasteiger partial charge in [0.25, 0.3) is 5.91 Å². The minimum Gasteiger partial charge on any atom is -0.348 e. The maximum absolute atomic E-state index is 13.9. The minimum atomic E-state index is -0.564. The number of benzene rings is 2. The van der Waals surface area contributed by atoms with E-state index in [0.29, 0.717) is 5.92 Å². The average Bonchev–Trinajstić information content (AvgIpc) is 2.98. The van der Waals surface area contributed by atoms with Crippen LogP contribution in [0.5, 0.6) is 0 Å². The number of nitrogens with one attached hydrogen (secondary N) is 1. The van der Waals surface area contributed by atoms with E-state index in [9.17, 15) is 9.18 Å². The summed E-state index contributed by atoms with van der Waals surface area (Å²) in [5, 5.41) is 12.4. The fourth-order valence-corrected chi connectivity index (χ4v) is 5.58. The molecule has 3 atom stereocenters. The van der Waals surface area contributed by atoms with Gasteiger partial charge in [-0.05, 0) is 23.8 Å². The maximum Gasteiger partial charge on any atom is 0.251 e. The number of hydrogen-bond donors (Lipinski definition) is 1. The molecule has 2 aromatic carbocycles. The number of carbonyl (C=O) groups excluding carboxylic acids is 1. The topological polar surface area (TPSA) is 59.4 Å². The Kier molecular flexibility index (Phi) is 4.38. The van der Waals surface area contributed by atoms with E-state index < -0.39 is 5.82 Å². The van der Waals surface area contributed by atoms with Gasteiger partial charge in [0.1, 0.15) is 5.82 Å². The average molecular weight is 390 g/mol. The molecule has 29 heavy (non-hydrogen) atoms. The first-order valence-corrected chi connectivity index (χ1v) is 10.1. The van der Waals surface area contributed by atoms with E-state index in [4.69, 9.17) is 5.26 Å². The molecule has 1 N–H and O–H groups in total. The number of nitrogens with zero attached hydrogens (tertiary/aromatic N) is 3. The van der Waals surface area contributed by atoms with Gasteiger partial charge in [0.2, 0.25) is 0 Å². The first-order chi connectivity index (χ1) is 14.1. The molecule has 2 aromatic rings. The van der Waals surface area contributed by atoms with Crippen molar-refractivity contribution in [2.45, 2.75) is 11.5 Å². The van der Waals surface area contributed by atoms with Crippen LogP contribution >= 0.6 is 0 Å². The molecule has 6 rings (SSSR count). The highest BCUT2D eigenvalue weighted by Crippen LogP contribution is 2.43. The molecular weight excluding hydrogens is 367 g/mol. The van der Waals surface area contributed by atoms with Gasteiger partial charge in [0.05, 0.1) is 11.6 Å². The molecule has 0 aliphatic carbocycles. The standard InChI is InChI=1S/C23H23FN4O/c24-20-9-16(11-25)8-17(10-20)22(29)26-21-18-12-27-6-7-28(13-18)15-23(21,14-27)19-4-2-1-3-5-19/h1-5,8-10,18,21H,6-7,12-15H2,(H,26,29)/t18?,21-,23?/m0/s1. The Hall–Kier alpha value is -2.75. The molecule has 4 bridgehead atoms. The monoisotopic (exact) mass is 390 g/mol. The van der Waals surface area contributed by atoms with Gasteiger partial charge in [0.15, 0.2) is 0 Å². The zero-order valence-corrected chi connectivity index (χ0v) is 16.1. The van der Waals surface area contributed by atoms with Crippen LogP contribution in [-0.2, 0) is 5.41 Å². The Labute approximate surface area is 169 Å². The lowest BCUT2D eigenvalue weighted by atomic mass is 9.64. The second-order valence-corrected chi connectivity index (χ2v) is 8.54. The molecule has 148 valence electrons. The van der Waals surface area contributed by atoms with E-state index in [1.54, 1.807) is 0 Å². The Morgan fingerprint density at radius 1 is 1.10 bits per heavy atom. The molecule has 0 spiro atoms. The zero-order valence-electron chi connectivity index (χ0n) is 16.1. The van der Waals surface area contributed by atoms with E-state index in [1.807, 2.05) is 12.1 Å². The molecule has 0 aromatic heterocycles. The molecule has 4 heterocycles. The van der Waals surface area contributed by atoms with Crippen LogP contribution in [0.3, 0.4) is 0 Å². The lowest BCUT2D eigenvalue weighted by molar-refractivity contribution is 0.0180. The number of amides is 1. The van der Waals surface area contributed by atoms with Gasteiger partial charge >= 0.3 is 0 Å². The Morgan fingerprint density at radius 3 is 2.45 bits per heavy atom. The summed E-state index contributed by atoms with van der Waals surface area (Å²) in [6, 6.07) is 16.2. The van der Waals surface area contributed by atoms with E-state index in [2.05, 4.69) is 39.4 Å². The van der Waals surface area contributed by atoms with Gasteiger partial charge in [0, 0.05) is 62.2 Å². The normalized spacial score (nSPS) is 32.4. The minimum absolute atomic E-state index is 0.0307. The fourth-order valence-electron chi connectivity index (χ4n) is 5.58. The number of piperidine rings is 2. The largest absolute Gasteiger partial charge is 0.348 e. The molecule has 4 saturated heterocycles. The van der Waals surface area contributed by atoms with Crippen LogP contribution in [0.1, 0.15) is 21.5 Å². The molecular formula is C23H23FN4O. The summed E-state index contributed by atoms with van der Waals surface area (Å²) in [5.41, 5.74) is 1.41. The highest BCUT2D eigenvalue weighted by atomic mass is 19.1. The lowest BCUT2D eigenvalue weighted by Crippen LogP contribution is -2.70. The molecule has 5 nitrogen and oxygen atoms in total. The summed E-state index contributed by atoms with van der Waals surface area (Å²) in [4.78, 5) is 18.1. The number of fused-ring (bicyclic) bond motifs is 1. The van der Waals surface area contributed by atoms with Crippen molar-refractivity contribution in [3.63, 3.8) is 0 Å². The summed E-state index contributed by atoms with van der Waals surface area (Å²) in [5.74, 6) is -0.559. The zero-order chi connectivity index (χ0) is 20.0. The first kappa shape index (κ1) is 18.3. The van der Waals surface area contributed by atoms with Crippen LogP contribution in [-0.4, -0.2) is 61.0 Å². The van der Waals surface area contributed by atoms with Crippen LogP contribution in [0.25, 0.3) is 0 Å². The summed E-state index contributed by atoms with van der Waals surface area (Å²) in [7, 11) is 0. The third kappa shape index (κ3) is 3.11. The van der Waals surface area contributed by atoms with E-state index in [1.165, 1.54) is 17.7 Å². The van der Waals surface area contributed by atoms with Crippen molar-refractivity contribution in [1.82, 2.24) is 15.1 Å². The number of carbonyl (C=O) groups is 1. The van der Waals surface area contributed by atoms with Crippen molar-refractivity contribution in [3.05, 3.63) is 71.0 Å². The second-order valence-electron chi connectivity index (χ2n) is 8.54. The number of halogens is 1. The molecule has 0 radical (unpaired) electrons. The summed E-state index contributed by atoms with van der Waals surface area (Å²) < 4.78 is 13.9. The Bertz CT molecular complexity index is 970. The van der Waals surface area contributed by atoms with Crippen molar-refractivity contribution in [2.75, 3.05) is 39.3 Å². The van der Waals surface area contributed by atoms with Crippen molar-refractivity contribution < 1.29 is 9.18 Å². The smallest absolute Gasteiger partial charge is 0.251 e. The van der Waals surface area contributed by atoms with Gasteiger partial charge in [-0.3, -0.25) is 4.79 Å². The SMILES string of the molecule is N#Cc1cc(F)cc(C(=O)N[C@H]2C3CN4CCN(C3)CC2(c2ccccc2)C4)c1.